The van der Waals surface area contributed by atoms with Crippen LogP contribution in [0, 0.1) is 5.82 Å². The van der Waals surface area contributed by atoms with Crippen molar-refractivity contribution in [2.75, 3.05) is 11.9 Å². The molecule has 1 amide bonds. The van der Waals surface area contributed by atoms with Crippen molar-refractivity contribution in [3.63, 3.8) is 0 Å². The van der Waals surface area contributed by atoms with Gasteiger partial charge in [0.15, 0.2) is 11.0 Å². The van der Waals surface area contributed by atoms with Crippen LogP contribution in [0.25, 0.3) is 11.4 Å². The maximum absolute atomic E-state index is 13.4. The topological polar surface area (TPSA) is 69.0 Å². The van der Waals surface area contributed by atoms with Crippen LogP contribution in [0.2, 0.25) is 10.0 Å². The Balaban J connectivity index is 1.55. The van der Waals surface area contributed by atoms with Crippen molar-refractivity contribution in [2.45, 2.75) is 42.8 Å². The van der Waals surface area contributed by atoms with Gasteiger partial charge in [0.2, 0.25) is 5.91 Å². The zero-order valence-corrected chi connectivity index (χ0v) is 19.6. The van der Waals surface area contributed by atoms with Crippen molar-refractivity contribution < 1.29 is 13.9 Å². The van der Waals surface area contributed by atoms with Crippen molar-refractivity contribution >= 4 is 46.6 Å². The number of hydrogen-bond donors (Lipinski definition) is 1. The van der Waals surface area contributed by atoms with E-state index in [2.05, 4.69) is 15.5 Å². The van der Waals surface area contributed by atoms with Gasteiger partial charge in [-0.15, -0.1) is 10.2 Å². The molecule has 2 atom stereocenters. The molecule has 10 heteroatoms. The first kappa shape index (κ1) is 23.0. The number of thioether (sulfide) groups is 1. The standard InChI is InChI=1S/C22H21Cl2FN4O2S/c1-13(21(30)26-19-9-6-15(23)11-18(19)24)32-22-28-27-20(14-4-7-16(25)8-5-14)29(22)12-17-3-2-10-31-17/h4-9,11,13,17H,2-3,10,12H2,1H3,(H,26,30). The predicted octanol–water partition coefficient (Wildman–Crippen LogP) is 5.69. The second kappa shape index (κ2) is 10.2. The van der Waals surface area contributed by atoms with Crippen LogP contribution in [0.1, 0.15) is 19.8 Å². The van der Waals surface area contributed by atoms with E-state index in [4.69, 9.17) is 27.9 Å². The van der Waals surface area contributed by atoms with Crippen molar-refractivity contribution in [3.05, 3.63) is 58.3 Å². The second-order valence-corrected chi connectivity index (χ2v) is 9.58. The number of halogens is 3. The lowest BCUT2D eigenvalue weighted by molar-refractivity contribution is -0.115. The van der Waals surface area contributed by atoms with E-state index in [9.17, 15) is 9.18 Å². The van der Waals surface area contributed by atoms with E-state index in [1.807, 2.05) is 4.57 Å². The molecule has 1 N–H and O–H groups in total. The fourth-order valence-corrected chi connectivity index (χ4v) is 4.70. The van der Waals surface area contributed by atoms with Crippen LogP contribution in [0.3, 0.4) is 0 Å². The zero-order chi connectivity index (χ0) is 22.7. The lowest BCUT2D eigenvalue weighted by Crippen LogP contribution is -2.24. The fourth-order valence-electron chi connectivity index (χ4n) is 3.38. The average Bonchev–Trinajstić information content (AvgIpc) is 3.41. The largest absolute Gasteiger partial charge is 0.376 e. The molecule has 1 saturated heterocycles. The van der Waals surface area contributed by atoms with Crippen molar-refractivity contribution in [1.29, 1.82) is 0 Å². The molecule has 2 aromatic carbocycles. The second-order valence-electron chi connectivity index (χ2n) is 7.43. The Hall–Kier alpha value is -2.13. The number of aromatic nitrogens is 3. The molecule has 168 valence electrons. The molecule has 1 aliphatic heterocycles. The molecular weight excluding hydrogens is 474 g/mol. The summed E-state index contributed by atoms with van der Waals surface area (Å²) in [5.74, 6) is 0.0604. The monoisotopic (exact) mass is 494 g/mol. The number of ether oxygens (including phenoxy) is 1. The number of benzene rings is 2. The summed E-state index contributed by atoms with van der Waals surface area (Å²) in [6.07, 6.45) is 1.99. The summed E-state index contributed by atoms with van der Waals surface area (Å²) < 4.78 is 21.1. The Morgan fingerprint density at radius 1 is 1.28 bits per heavy atom. The zero-order valence-electron chi connectivity index (χ0n) is 17.2. The van der Waals surface area contributed by atoms with Crippen LogP contribution in [0.15, 0.2) is 47.6 Å². The van der Waals surface area contributed by atoms with Gasteiger partial charge in [-0.05, 0) is 62.2 Å². The first-order valence-electron chi connectivity index (χ1n) is 10.1. The highest BCUT2D eigenvalue weighted by Crippen LogP contribution is 2.30. The van der Waals surface area contributed by atoms with Gasteiger partial charge in [-0.2, -0.15) is 0 Å². The molecule has 3 aromatic rings. The highest BCUT2D eigenvalue weighted by molar-refractivity contribution is 8.00. The fraction of sp³-hybridized carbons (Fsp3) is 0.318. The summed E-state index contributed by atoms with van der Waals surface area (Å²) in [4.78, 5) is 12.8. The summed E-state index contributed by atoms with van der Waals surface area (Å²) in [5, 5.41) is 12.4. The van der Waals surface area contributed by atoms with Gasteiger partial charge in [0, 0.05) is 17.2 Å². The third-order valence-electron chi connectivity index (χ3n) is 5.07. The van der Waals surface area contributed by atoms with Gasteiger partial charge < -0.3 is 10.1 Å². The van der Waals surface area contributed by atoms with Crippen LogP contribution in [0.5, 0.6) is 0 Å². The smallest absolute Gasteiger partial charge is 0.237 e. The normalized spacial score (nSPS) is 16.8. The van der Waals surface area contributed by atoms with Crippen LogP contribution < -0.4 is 5.32 Å². The molecule has 1 aliphatic rings. The van der Waals surface area contributed by atoms with Crippen LogP contribution in [-0.4, -0.2) is 38.6 Å². The number of amides is 1. The minimum absolute atomic E-state index is 0.0431. The Labute approximate surface area is 199 Å². The first-order valence-corrected chi connectivity index (χ1v) is 11.8. The molecule has 1 fully saturated rings. The Morgan fingerprint density at radius 2 is 2.06 bits per heavy atom. The molecule has 1 aromatic heterocycles. The third-order valence-corrected chi connectivity index (χ3v) is 6.70. The van der Waals surface area contributed by atoms with Gasteiger partial charge in [-0.3, -0.25) is 9.36 Å². The SMILES string of the molecule is CC(Sc1nnc(-c2ccc(F)cc2)n1CC1CCCO1)C(=O)Nc1ccc(Cl)cc1Cl. The maximum atomic E-state index is 13.4. The van der Waals surface area contributed by atoms with Crippen molar-refractivity contribution in [1.82, 2.24) is 14.8 Å². The minimum Gasteiger partial charge on any atom is -0.376 e. The van der Waals surface area contributed by atoms with E-state index in [1.54, 1.807) is 37.3 Å². The van der Waals surface area contributed by atoms with E-state index in [0.717, 1.165) is 25.0 Å². The number of anilines is 1. The number of carbonyl (C=O) groups excluding carboxylic acids is 1. The molecule has 0 radical (unpaired) electrons. The Kier molecular flexibility index (Phi) is 7.35. The molecule has 4 rings (SSSR count). The van der Waals surface area contributed by atoms with Gasteiger partial charge in [-0.1, -0.05) is 35.0 Å². The number of nitrogens with one attached hydrogen (secondary N) is 1. The molecule has 0 aliphatic carbocycles. The Bertz CT molecular complexity index is 1100. The number of rotatable bonds is 7. The minimum atomic E-state index is -0.477. The van der Waals surface area contributed by atoms with Gasteiger partial charge in [0.05, 0.1) is 28.6 Å². The summed E-state index contributed by atoms with van der Waals surface area (Å²) in [6.45, 7) is 3.06. The lowest BCUT2D eigenvalue weighted by atomic mass is 10.2. The first-order chi connectivity index (χ1) is 15.4. The highest BCUT2D eigenvalue weighted by atomic mass is 35.5. The average molecular weight is 495 g/mol. The quantitative estimate of drug-likeness (QED) is 0.427. The predicted molar refractivity (Wildman–Crippen MR) is 125 cm³/mol. The van der Waals surface area contributed by atoms with Gasteiger partial charge in [-0.25, -0.2) is 4.39 Å². The summed E-state index contributed by atoms with van der Waals surface area (Å²) in [5.41, 5.74) is 1.23. The number of carbonyl (C=O) groups is 1. The van der Waals surface area contributed by atoms with E-state index >= 15 is 0 Å². The molecule has 6 nitrogen and oxygen atoms in total. The molecule has 2 heterocycles. The molecule has 0 bridgehead atoms. The van der Waals surface area contributed by atoms with E-state index in [-0.39, 0.29) is 17.8 Å². The number of nitrogens with zero attached hydrogens (tertiary/aromatic N) is 3. The van der Waals surface area contributed by atoms with Gasteiger partial charge in [0.25, 0.3) is 0 Å². The van der Waals surface area contributed by atoms with E-state index in [1.165, 1.54) is 23.9 Å². The lowest BCUT2D eigenvalue weighted by Gasteiger charge is -2.17. The molecule has 0 saturated carbocycles. The van der Waals surface area contributed by atoms with Gasteiger partial charge in [0.1, 0.15) is 5.82 Å². The summed E-state index contributed by atoms with van der Waals surface area (Å²) in [7, 11) is 0. The third kappa shape index (κ3) is 5.43. The van der Waals surface area contributed by atoms with Crippen molar-refractivity contribution in [2.24, 2.45) is 0 Å². The molecule has 0 spiro atoms. The maximum Gasteiger partial charge on any atom is 0.237 e. The highest BCUT2D eigenvalue weighted by Gasteiger charge is 2.25. The van der Waals surface area contributed by atoms with Crippen molar-refractivity contribution in [3.8, 4) is 11.4 Å². The number of hydrogen-bond acceptors (Lipinski definition) is 5. The van der Waals surface area contributed by atoms with E-state index < -0.39 is 5.25 Å². The summed E-state index contributed by atoms with van der Waals surface area (Å²) in [6, 6.07) is 11.0. The van der Waals surface area contributed by atoms with Crippen LogP contribution in [-0.2, 0) is 16.1 Å². The Morgan fingerprint density at radius 3 is 2.75 bits per heavy atom. The van der Waals surface area contributed by atoms with E-state index in [0.29, 0.717) is 33.3 Å². The van der Waals surface area contributed by atoms with Gasteiger partial charge >= 0.3 is 0 Å². The molecule has 32 heavy (non-hydrogen) atoms. The summed E-state index contributed by atoms with van der Waals surface area (Å²) >= 11 is 13.4. The molecule has 2 unspecified atom stereocenters. The van der Waals surface area contributed by atoms with Crippen LogP contribution >= 0.6 is 35.0 Å². The molecular formula is C22H21Cl2FN4O2S. The van der Waals surface area contributed by atoms with Crippen LogP contribution in [0.4, 0.5) is 10.1 Å².